The van der Waals surface area contributed by atoms with E-state index in [-0.39, 0.29) is 18.4 Å². The Morgan fingerprint density at radius 1 is 1.25 bits per heavy atom. The van der Waals surface area contributed by atoms with Crippen LogP contribution in [-0.2, 0) is 0 Å². The average Bonchev–Trinajstić information content (AvgIpc) is 2.15. The lowest BCUT2D eigenvalue weighted by molar-refractivity contribution is -0.0901. The molecule has 1 N–H and O–H groups in total. The minimum atomic E-state index is -2.65. The van der Waals surface area contributed by atoms with Crippen molar-refractivity contribution >= 4 is 5.91 Å². The zero-order chi connectivity index (χ0) is 11.8. The smallest absolute Gasteiger partial charge is 0.252 e. The molecule has 0 aromatic heterocycles. The van der Waals surface area contributed by atoms with Gasteiger partial charge in [-0.3, -0.25) is 4.79 Å². The van der Waals surface area contributed by atoms with E-state index in [1.807, 2.05) is 0 Å². The molecule has 2 nitrogen and oxygen atoms in total. The SMILES string of the molecule is O=C(NC1CC(F)(F)C1)c1ccc(F)cc1. The van der Waals surface area contributed by atoms with Gasteiger partial charge in [0.05, 0.1) is 0 Å². The molecule has 0 saturated heterocycles. The van der Waals surface area contributed by atoms with E-state index in [2.05, 4.69) is 5.32 Å². The molecule has 1 saturated carbocycles. The number of rotatable bonds is 2. The van der Waals surface area contributed by atoms with Crippen molar-refractivity contribution in [3.8, 4) is 0 Å². The molecule has 5 heteroatoms. The van der Waals surface area contributed by atoms with Gasteiger partial charge in [0.1, 0.15) is 5.82 Å². The van der Waals surface area contributed by atoms with E-state index in [0.717, 1.165) is 12.1 Å². The lowest BCUT2D eigenvalue weighted by atomic mass is 9.88. The number of alkyl halides is 2. The molecule has 1 aliphatic rings. The zero-order valence-electron chi connectivity index (χ0n) is 8.34. The van der Waals surface area contributed by atoms with Gasteiger partial charge in [-0.1, -0.05) is 0 Å². The predicted octanol–water partition coefficient (Wildman–Crippen LogP) is 2.35. The van der Waals surface area contributed by atoms with Gasteiger partial charge in [-0.2, -0.15) is 0 Å². The summed E-state index contributed by atoms with van der Waals surface area (Å²) in [7, 11) is 0. The second-order valence-corrected chi connectivity index (χ2v) is 3.94. The molecule has 1 aliphatic carbocycles. The number of carbonyl (C=O) groups is 1. The maximum absolute atomic E-state index is 12.6. The van der Waals surface area contributed by atoms with Gasteiger partial charge in [0.25, 0.3) is 11.8 Å². The molecule has 0 bridgehead atoms. The summed E-state index contributed by atoms with van der Waals surface area (Å²) in [6.07, 6.45) is -0.639. The van der Waals surface area contributed by atoms with Gasteiger partial charge in [0.2, 0.25) is 0 Å². The van der Waals surface area contributed by atoms with Crippen LogP contribution in [0.15, 0.2) is 24.3 Å². The fourth-order valence-electron chi connectivity index (χ4n) is 1.63. The summed E-state index contributed by atoms with van der Waals surface area (Å²) < 4.78 is 37.5. The van der Waals surface area contributed by atoms with E-state index in [4.69, 9.17) is 0 Å². The summed E-state index contributed by atoms with van der Waals surface area (Å²) in [5.41, 5.74) is 0.275. The van der Waals surface area contributed by atoms with Crippen LogP contribution >= 0.6 is 0 Å². The molecule has 16 heavy (non-hydrogen) atoms. The van der Waals surface area contributed by atoms with Crippen LogP contribution in [0.3, 0.4) is 0 Å². The Labute approximate surface area is 90.5 Å². The molecule has 1 fully saturated rings. The minimum absolute atomic E-state index is 0.275. The van der Waals surface area contributed by atoms with Gasteiger partial charge in [-0.05, 0) is 24.3 Å². The number of hydrogen-bond acceptors (Lipinski definition) is 1. The molecule has 0 spiro atoms. The van der Waals surface area contributed by atoms with E-state index < -0.39 is 23.7 Å². The van der Waals surface area contributed by atoms with Crippen molar-refractivity contribution in [2.75, 3.05) is 0 Å². The first-order valence-electron chi connectivity index (χ1n) is 4.90. The third-order valence-corrected chi connectivity index (χ3v) is 2.53. The normalized spacial score (nSPS) is 18.9. The van der Waals surface area contributed by atoms with Gasteiger partial charge in [0, 0.05) is 24.4 Å². The highest BCUT2D eigenvalue weighted by Crippen LogP contribution is 2.37. The number of benzene rings is 1. The minimum Gasteiger partial charge on any atom is -0.349 e. The maximum atomic E-state index is 12.6. The molecular weight excluding hydrogens is 219 g/mol. The van der Waals surface area contributed by atoms with E-state index in [0.29, 0.717) is 0 Å². The standard InChI is InChI=1S/C11H10F3NO/c12-8-3-1-7(2-4-8)10(16)15-9-5-11(13,14)6-9/h1-4,9H,5-6H2,(H,15,16). The lowest BCUT2D eigenvalue weighted by Crippen LogP contribution is -2.50. The summed E-state index contributed by atoms with van der Waals surface area (Å²) in [4.78, 5) is 11.5. The van der Waals surface area contributed by atoms with Crippen LogP contribution in [0.2, 0.25) is 0 Å². The quantitative estimate of drug-likeness (QED) is 0.828. The second kappa shape index (κ2) is 3.81. The van der Waals surface area contributed by atoms with Gasteiger partial charge in [-0.15, -0.1) is 0 Å². The average molecular weight is 229 g/mol. The third kappa shape index (κ3) is 2.35. The second-order valence-electron chi connectivity index (χ2n) is 3.94. The Bertz CT molecular complexity index is 394. The lowest BCUT2D eigenvalue weighted by Gasteiger charge is -2.35. The highest BCUT2D eigenvalue weighted by atomic mass is 19.3. The first-order chi connectivity index (χ1) is 7.46. The number of halogens is 3. The Hall–Kier alpha value is -1.52. The number of nitrogens with one attached hydrogen (secondary N) is 1. The van der Waals surface area contributed by atoms with Gasteiger partial charge >= 0.3 is 0 Å². The van der Waals surface area contributed by atoms with Gasteiger partial charge in [-0.25, -0.2) is 13.2 Å². The molecule has 1 amide bonds. The fourth-order valence-corrected chi connectivity index (χ4v) is 1.63. The Morgan fingerprint density at radius 2 is 1.81 bits per heavy atom. The molecule has 1 aromatic rings. The monoisotopic (exact) mass is 229 g/mol. The Morgan fingerprint density at radius 3 is 2.31 bits per heavy atom. The summed E-state index contributed by atoms with van der Waals surface area (Å²) in [6.45, 7) is 0. The van der Waals surface area contributed by atoms with Crippen LogP contribution in [0, 0.1) is 5.82 Å². The van der Waals surface area contributed by atoms with Crippen molar-refractivity contribution in [2.45, 2.75) is 24.8 Å². The number of carbonyl (C=O) groups excluding carboxylic acids is 1. The van der Waals surface area contributed by atoms with E-state index >= 15 is 0 Å². The van der Waals surface area contributed by atoms with E-state index in [1.54, 1.807) is 0 Å². The fraction of sp³-hybridized carbons (Fsp3) is 0.364. The maximum Gasteiger partial charge on any atom is 0.252 e. The van der Waals surface area contributed by atoms with E-state index in [9.17, 15) is 18.0 Å². The molecule has 0 heterocycles. The van der Waals surface area contributed by atoms with Crippen molar-refractivity contribution in [3.05, 3.63) is 35.6 Å². The summed E-state index contributed by atoms with van der Waals surface area (Å²) in [5.74, 6) is -3.53. The van der Waals surface area contributed by atoms with Crippen molar-refractivity contribution in [1.82, 2.24) is 5.32 Å². The first-order valence-corrected chi connectivity index (χ1v) is 4.90. The van der Waals surface area contributed by atoms with Gasteiger partial charge < -0.3 is 5.32 Å². The van der Waals surface area contributed by atoms with Crippen LogP contribution in [0.1, 0.15) is 23.2 Å². The van der Waals surface area contributed by atoms with E-state index in [1.165, 1.54) is 12.1 Å². The topological polar surface area (TPSA) is 29.1 Å². The van der Waals surface area contributed by atoms with Crippen LogP contribution in [0.25, 0.3) is 0 Å². The van der Waals surface area contributed by atoms with Gasteiger partial charge in [0.15, 0.2) is 0 Å². The van der Waals surface area contributed by atoms with Crippen molar-refractivity contribution in [1.29, 1.82) is 0 Å². The molecule has 0 atom stereocenters. The summed E-state index contributed by atoms with van der Waals surface area (Å²) in [6, 6.07) is 4.48. The Balaban J connectivity index is 1.92. The molecular formula is C11H10F3NO. The highest BCUT2D eigenvalue weighted by molar-refractivity contribution is 5.94. The largest absolute Gasteiger partial charge is 0.349 e. The van der Waals surface area contributed by atoms with Crippen LogP contribution < -0.4 is 5.32 Å². The van der Waals surface area contributed by atoms with Crippen molar-refractivity contribution in [3.63, 3.8) is 0 Å². The third-order valence-electron chi connectivity index (χ3n) is 2.53. The highest BCUT2D eigenvalue weighted by Gasteiger charge is 2.45. The van der Waals surface area contributed by atoms with Crippen LogP contribution in [0.5, 0.6) is 0 Å². The molecule has 0 unspecified atom stereocenters. The number of hydrogen-bond donors (Lipinski definition) is 1. The first kappa shape index (κ1) is 11.0. The molecule has 0 radical (unpaired) electrons. The number of amides is 1. The Kier molecular flexibility index (Phi) is 2.61. The summed E-state index contributed by atoms with van der Waals surface area (Å²) >= 11 is 0. The van der Waals surface area contributed by atoms with Crippen molar-refractivity contribution < 1.29 is 18.0 Å². The molecule has 2 rings (SSSR count). The van der Waals surface area contributed by atoms with Crippen LogP contribution in [-0.4, -0.2) is 17.9 Å². The van der Waals surface area contributed by atoms with Crippen molar-refractivity contribution in [2.24, 2.45) is 0 Å². The van der Waals surface area contributed by atoms with Crippen LogP contribution in [0.4, 0.5) is 13.2 Å². The molecule has 86 valence electrons. The zero-order valence-corrected chi connectivity index (χ0v) is 8.34. The molecule has 0 aliphatic heterocycles. The predicted molar refractivity (Wildman–Crippen MR) is 51.8 cm³/mol. The molecule has 1 aromatic carbocycles. The summed E-state index contributed by atoms with van der Waals surface area (Å²) in [5, 5.41) is 2.47.